The quantitative estimate of drug-likeness (QED) is 0.0962. The molecule has 272 valence electrons. The van der Waals surface area contributed by atoms with Gasteiger partial charge in [-0.3, -0.25) is 9.79 Å². The van der Waals surface area contributed by atoms with Gasteiger partial charge in [-0.1, -0.05) is 0 Å². The summed E-state index contributed by atoms with van der Waals surface area (Å²) in [6.07, 6.45) is 5.53. The van der Waals surface area contributed by atoms with Crippen LogP contribution in [-0.2, 0) is 24.8 Å². The van der Waals surface area contributed by atoms with Crippen molar-refractivity contribution >= 4 is 98.3 Å². The van der Waals surface area contributed by atoms with Gasteiger partial charge in [0.25, 0.3) is 0 Å². The molecule has 0 radical (unpaired) electrons. The van der Waals surface area contributed by atoms with Crippen molar-refractivity contribution in [3.8, 4) is 0 Å². The minimum absolute atomic E-state index is 0.0161. The molecule has 51 heavy (non-hydrogen) atoms. The summed E-state index contributed by atoms with van der Waals surface area (Å²) in [6, 6.07) is 12.1. The topological polar surface area (TPSA) is 249 Å². The van der Waals surface area contributed by atoms with E-state index in [0.717, 1.165) is 10.2 Å². The molecule has 2 heterocycles. The second kappa shape index (κ2) is 17.0. The number of nitrogens with zero attached hydrogens (tertiary/aromatic N) is 5. The monoisotopic (exact) mass is 865 g/mol. The number of hydrogen-bond donors (Lipinski definition) is 6. The summed E-state index contributed by atoms with van der Waals surface area (Å²) in [4.78, 5) is 33.2. The molecular weight excluding hydrogens is 830 g/mol. The number of nitrogens with two attached hydrogens (primary N) is 2. The van der Waals surface area contributed by atoms with Gasteiger partial charge >= 0.3 is 0 Å². The highest BCUT2D eigenvalue weighted by Crippen LogP contribution is 2.26. The highest BCUT2D eigenvalue weighted by molar-refractivity contribution is 9.11. The molecule has 2 atom stereocenters. The molecule has 0 bridgehead atoms. The van der Waals surface area contributed by atoms with Crippen LogP contribution in [0.1, 0.15) is 40.5 Å². The number of carbonyl (C=O) groups is 1. The molecule has 20 heteroatoms. The molecule has 0 spiro atoms. The lowest BCUT2D eigenvalue weighted by Gasteiger charge is -2.16. The van der Waals surface area contributed by atoms with E-state index in [2.05, 4.69) is 78.1 Å². The van der Waals surface area contributed by atoms with E-state index in [-0.39, 0.29) is 21.6 Å². The van der Waals surface area contributed by atoms with E-state index in [0.29, 0.717) is 45.4 Å². The number of carbonyl (C=O) groups excluding carboxylic acids is 1. The zero-order valence-corrected chi connectivity index (χ0v) is 32.7. The first-order chi connectivity index (χ1) is 23.9. The molecule has 16 nitrogen and oxygen atoms in total. The molecule has 2 unspecified atom stereocenters. The number of primary sulfonamides is 2. The molecule has 2 aromatic carbocycles. The fraction of sp³-hybridized carbons (Fsp3) is 0.290. The first kappa shape index (κ1) is 39.7. The maximum Gasteiger partial charge on any atom is 0.238 e. The van der Waals surface area contributed by atoms with E-state index in [4.69, 9.17) is 10.3 Å². The first-order valence-electron chi connectivity index (χ1n) is 15.3. The van der Waals surface area contributed by atoms with Gasteiger partial charge < -0.3 is 21.3 Å². The van der Waals surface area contributed by atoms with Gasteiger partial charge in [-0.2, -0.15) is 9.97 Å². The third kappa shape index (κ3) is 12.3. The molecule has 4 aromatic rings. The number of sulfonamides is 2. The van der Waals surface area contributed by atoms with Crippen molar-refractivity contribution < 1.29 is 21.6 Å². The smallest absolute Gasteiger partial charge is 0.238 e. The lowest BCUT2D eigenvalue weighted by atomic mass is 10.2. The predicted molar refractivity (Wildman–Crippen MR) is 205 cm³/mol. The number of anilines is 6. The fourth-order valence-corrected chi connectivity index (χ4v) is 5.63. The third-order valence-corrected chi connectivity index (χ3v) is 10.3. The van der Waals surface area contributed by atoms with Crippen molar-refractivity contribution in [2.45, 2.75) is 68.5 Å². The Morgan fingerprint density at radius 1 is 0.745 bits per heavy atom. The van der Waals surface area contributed by atoms with E-state index in [1.807, 2.05) is 13.8 Å². The molecule has 1 aliphatic rings. The molecule has 0 amide bonds. The molecule has 2 aromatic heterocycles. The molecule has 1 saturated carbocycles. The van der Waals surface area contributed by atoms with Crippen LogP contribution in [0.4, 0.5) is 34.9 Å². The standard InChI is InChI=1S/C17H21BrN6O2S.C14H16BrN5O3S/c1-10(21-12-3-4-12)11(2)22-16-15(18)9-20-17(24-16)23-13-5-7-14(8-6-13)27(19,25)26;1-8(9(2)21)18-13-12(15)7-17-14(20-13)19-10-3-5-11(6-4-10)24(16,22)23/h5-9,11-12H,3-4H2,1-2H3,(H2,19,25,26)(H2,20,22,23,24);3-8H,1-2H3,(H2,16,22,23)(H2,17,18,19,20). The van der Waals surface area contributed by atoms with Gasteiger partial charge in [0.1, 0.15) is 11.6 Å². The van der Waals surface area contributed by atoms with Crippen LogP contribution in [0.5, 0.6) is 0 Å². The number of nitrogens with one attached hydrogen (secondary N) is 4. The van der Waals surface area contributed by atoms with Crippen LogP contribution in [0.3, 0.4) is 0 Å². The fourth-order valence-electron chi connectivity index (χ4n) is 3.99. The van der Waals surface area contributed by atoms with Crippen LogP contribution in [-0.4, -0.2) is 66.4 Å². The number of ketones is 1. The highest BCUT2D eigenvalue weighted by Gasteiger charge is 2.21. The Kier molecular flexibility index (Phi) is 13.2. The van der Waals surface area contributed by atoms with Crippen molar-refractivity contribution in [2.24, 2.45) is 15.3 Å². The Hall–Kier alpha value is -4.08. The second-order valence-corrected chi connectivity index (χ2v) is 16.3. The van der Waals surface area contributed by atoms with E-state index in [1.54, 1.807) is 43.6 Å². The lowest BCUT2D eigenvalue weighted by Crippen LogP contribution is -2.25. The highest BCUT2D eigenvalue weighted by atomic mass is 79.9. The van der Waals surface area contributed by atoms with E-state index in [1.165, 1.54) is 44.0 Å². The molecule has 1 aliphatic carbocycles. The molecule has 0 aliphatic heterocycles. The van der Waals surface area contributed by atoms with Crippen molar-refractivity contribution in [3.05, 3.63) is 69.9 Å². The molecule has 8 N–H and O–H groups in total. The van der Waals surface area contributed by atoms with Gasteiger partial charge in [0.15, 0.2) is 5.78 Å². The number of aromatic nitrogens is 4. The predicted octanol–water partition coefficient (Wildman–Crippen LogP) is 5.07. The summed E-state index contributed by atoms with van der Waals surface area (Å²) in [5.74, 6) is 1.77. The number of hydrogen-bond acceptors (Lipinski definition) is 14. The Balaban J connectivity index is 0.000000230. The van der Waals surface area contributed by atoms with Crippen molar-refractivity contribution in [3.63, 3.8) is 0 Å². The largest absolute Gasteiger partial charge is 0.361 e. The Bertz CT molecular complexity index is 2120. The minimum atomic E-state index is -3.73. The van der Waals surface area contributed by atoms with Crippen LogP contribution < -0.4 is 31.5 Å². The normalized spacial score (nSPS) is 14.4. The van der Waals surface area contributed by atoms with Crippen LogP contribution in [0.15, 0.2) is 84.7 Å². The van der Waals surface area contributed by atoms with Gasteiger partial charge in [-0.25, -0.2) is 37.1 Å². The van der Waals surface area contributed by atoms with Gasteiger partial charge in [0, 0.05) is 29.5 Å². The average molecular weight is 868 g/mol. The Morgan fingerprint density at radius 3 is 1.49 bits per heavy atom. The zero-order valence-electron chi connectivity index (χ0n) is 27.9. The van der Waals surface area contributed by atoms with Crippen molar-refractivity contribution in [2.75, 3.05) is 21.3 Å². The SMILES string of the molecule is CC(=NC1CC1)C(C)Nc1nc(Nc2ccc(S(N)(=O)=O)cc2)ncc1Br.CC(=O)C(C)Nc1nc(Nc2ccc(S(N)(=O)=O)cc2)ncc1Br. The van der Waals surface area contributed by atoms with E-state index < -0.39 is 26.1 Å². The number of aliphatic imine (C=N–C) groups is 1. The zero-order chi connectivity index (χ0) is 37.5. The Morgan fingerprint density at radius 2 is 1.14 bits per heavy atom. The summed E-state index contributed by atoms with van der Waals surface area (Å²) < 4.78 is 46.5. The van der Waals surface area contributed by atoms with Gasteiger partial charge in [-0.05, 0) is 121 Å². The molecule has 1 fully saturated rings. The maximum atomic E-state index is 11.4. The molecular formula is C31H37Br2N11O5S2. The summed E-state index contributed by atoms with van der Waals surface area (Å²) >= 11 is 6.77. The van der Waals surface area contributed by atoms with Crippen LogP contribution in [0.25, 0.3) is 0 Å². The van der Waals surface area contributed by atoms with Crippen LogP contribution in [0, 0.1) is 0 Å². The second-order valence-electron chi connectivity index (χ2n) is 11.5. The molecule has 0 saturated heterocycles. The summed E-state index contributed by atoms with van der Waals surface area (Å²) in [5.41, 5.74) is 2.28. The summed E-state index contributed by atoms with van der Waals surface area (Å²) in [5, 5.41) is 22.5. The minimum Gasteiger partial charge on any atom is -0.361 e. The number of Topliss-reactive ketones (excluding diaryl/α,β-unsaturated/α-hetero) is 1. The lowest BCUT2D eigenvalue weighted by molar-refractivity contribution is -0.117. The number of halogens is 2. The average Bonchev–Trinajstić information content (AvgIpc) is 3.88. The van der Waals surface area contributed by atoms with Crippen LogP contribution >= 0.6 is 31.9 Å². The number of rotatable bonds is 13. The van der Waals surface area contributed by atoms with Gasteiger partial charge in [-0.15, -0.1) is 0 Å². The van der Waals surface area contributed by atoms with E-state index in [9.17, 15) is 21.6 Å². The number of benzene rings is 2. The van der Waals surface area contributed by atoms with Gasteiger partial charge in [0.05, 0.1) is 36.9 Å². The summed E-state index contributed by atoms with van der Waals surface area (Å²) in [6.45, 7) is 7.26. The Labute approximate surface area is 313 Å². The first-order valence-corrected chi connectivity index (χ1v) is 20.0. The summed E-state index contributed by atoms with van der Waals surface area (Å²) in [7, 11) is -7.45. The van der Waals surface area contributed by atoms with Crippen LogP contribution in [0.2, 0.25) is 0 Å². The van der Waals surface area contributed by atoms with Gasteiger partial charge in [0.2, 0.25) is 31.9 Å². The van der Waals surface area contributed by atoms with E-state index >= 15 is 0 Å². The van der Waals surface area contributed by atoms with Crippen molar-refractivity contribution in [1.29, 1.82) is 0 Å². The van der Waals surface area contributed by atoms with Crippen molar-refractivity contribution in [1.82, 2.24) is 19.9 Å². The molecule has 5 rings (SSSR count). The maximum absolute atomic E-state index is 11.4. The third-order valence-electron chi connectivity index (χ3n) is 7.24.